The van der Waals surface area contributed by atoms with E-state index in [0.29, 0.717) is 18.7 Å². The largest absolute Gasteiger partial charge is 0.395 e. The highest BCUT2D eigenvalue weighted by atomic mass is 19.1. The van der Waals surface area contributed by atoms with Gasteiger partial charge in [0.2, 0.25) is 0 Å². The number of urea groups is 1. The van der Waals surface area contributed by atoms with Gasteiger partial charge in [-0.05, 0) is 37.0 Å². The summed E-state index contributed by atoms with van der Waals surface area (Å²) in [5, 5.41) is 11.8. The van der Waals surface area contributed by atoms with Crippen LogP contribution in [0.25, 0.3) is 0 Å². The van der Waals surface area contributed by atoms with E-state index < -0.39 is 0 Å². The van der Waals surface area contributed by atoms with E-state index in [4.69, 9.17) is 5.11 Å². The number of amides is 2. The topological polar surface area (TPSA) is 52.6 Å². The molecule has 0 unspecified atom stereocenters. The average molecular weight is 266 g/mol. The maximum absolute atomic E-state index is 13.1. The lowest BCUT2D eigenvalue weighted by Gasteiger charge is -2.21. The number of nitrogens with one attached hydrogen (secondary N) is 1. The molecule has 2 N–H and O–H groups in total. The average Bonchev–Trinajstić information content (AvgIpc) is 3.21. The summed E-state index contributed by atoms with van der Waals surface area (Å²) in [6, 6.07) is 4.89. The Kier molecular flexibility index (Phi) is 4.37. The van der Waals surface area contributed by atoms with E-state index in [-0.39, 0.29) is 24.5 Å². The zero-order valence-corrected chi connectivity index (χ0v) is 11.0. The first-order chi connectivity index (χ1) is 9.11. The summed E-state index contributed by atoms with van der Waals surface area (Å²) >= 11 is 0. The molecule has 0 atom stereocenters. The van der Waals surface area contributed by atoms with Crippen molar-refractivity contribution in [3.63, 3.8) is 0 Å². The number of aryl methyl sites for hydroxylation is 1. The zero-order chi connectivity index (χ0) is 13.8. The molecule has 1 aliphatic rings. The second-order valence-electron chi connectivity index (χ2n) is 4.89. The van der Waals surface area contributed by atoms with Gasteiger partial charge in [0.15, 0.2) is 0 Å². The number of aliphatic hydroxyl groups excluding tert-OH is 1. The SMILES string of the molecule is Cc1cc(CNC(=O)N(CCO)C2CC2)ccc1F. The number of hydrogen-bond acceptors (Lipinski definition) is 2. The van der Waals surface area contributed by atoms with Gasteiger partial charge in [0.05, 0.1) is 6.61 Å². The molecule has 2 amide bonds. The number of halogens is 1. The molecular weight excluding hydrogens is 247 g/mol. The molecule has 104 valence electrons. The fraction of sp³-hybridized carbons (Fsp3) is 0.500. The Morgan fingerprint density at radius 3 is 2.84 bits per heavy atom. The highest BCUT2D eigenvalue weighted by Crippen LogP contribution is 2.26. The summed E-state index contributed by atoms with van der Waals surface area (Å²) in [6.07, 6.45) is 2.01. The van der Waals surface area contributed by atoms with Crippen LogP contribution in [-0.4, -0.2) is 35.2 Å². The minimum Gasteiger partial charge on any atom is -0.395 e. The molecule has 4 nitrogen and oxygen atoms in total. The normalized spacial score (nSPS) is 14.3. The van der Waals surface area contributed by atoms with Crippen LogP contribution < -0.4 is 5.32 Å². The first-order valence-electron chi connectivity index (χ1n) is 6.52. The van der Waals surface area contributed by atoms with Gasteiger partial charge in [0.25, 0.3) is 0 Å². The number of carbonyl (C=O) groups is 1. The standard InChI is InChI=1S/C14H19FN2O2/c1-10-8-11(2-5-13(10)15)9-16-14(19)17(6-7-18)12-3-4-12/h2,5,8,12,18H,3-4,6-7,9H2,1H3,(H,16,19). The van der Waals surface area contributed by atoms with Gasteiger partial charge in [-0.15, -0.1) is 0 Å². The number of hydrogen-bond donors (Lipinski definition) is 2. The lowest BCUT2D eigenvalue weighted by atomic mass is 10.1. The Hall–Kier alpha value is -1.62. The molecule has 0 heterocycles. The van der Waals surface area contributed by atoms with E-state index >= 15 is 0 Å². The summed E-state index contributed by atoms with van der Waals surface area (Å²) < 4.78 is 13.1. The molecule has 0 aromatic heterocycles. The Balaban J connectivity index is 1.89. The van der Waals surface area contributed by atoms with Crippen LogP contribution in [0.2, 0.25) is 0 Å². The van der Waals surface area contributed by atoms with Crippen molar-refractivity contribution in [2.24, 2.45) is 0 Å². The summed E-state index contributed by atoms with van der Waals surface area (Å²) in [5.41, 5.74) is 1.44. The third-order valence-corrected chi connectivity index (χ3v) is 3.26. The molecule has 1 aromatic rings. The van der Waals surface area contributed by atoms with Crippen molar-refractivity contribution in [1.82, 2.24) is 10.2 Å². The lowest BCUT2D eigenvalue weighted by Crippen LogP contribution is -2.42. The molecule has 0 radical (unpaired) electrons. The Morgan fingerprint density at radius 2 is 2.26 bits per heavy atom. The van der Waals surface area contributed by atoms with Crippen LogP contribution in [0.3, 0.4) is 0 Å². The van der Waals surface area contributed by atoms with Gasteiger partial charge >= 0.3 is 6.03 Å². The van der Waals surface area contributed by atoms with Crippen LogP contribution in [0.5, 0.6) is 0 Å². The van der Waals surface area contributed by atoms with Crippen molar-refractivity contribution < 1.29 is 14.3 Å². The summed E-state index contributed by atoms with van der Waals surface area (Å²) in [5.74, 6) is -0.241. The summed E-state index contributed by atoms with van der Waals surface area (Å²) in [4.78, 5) is 13.6. The van der Waals surface area contributed by atoms with Crippen LogP contribution in [0.1, 0.15) is 24.0 Å². The van der Waals surface area contributed by atoms with Crippen LogP contribution in [-0.2, 0) is 6.54 Å². The van der Waals surface area contributed by atoms with Crippen molar-refractivity contribution in [3.8, 4) is 0 Å². The molecule has 19 heavy (non-hydrogen) atoms. The van der Waals surface area contributed by atoms with Gasteiger partial charge < -0.3 is 15.3 Å². The van der Waals surface area contributed by atoms with Crippen molar-refractivity contribution in [3.05, 3.63) is 35.1 Å². The molecule has 0 aliphatic heterocycles. The van der Waals surface area contributed by atoms with E-state index in [9.17, 15) is 9.18 Å². The third kappa shape index (κ3) is 3.67. The van der Waals surface area contributed by atoms with Crippen LogP contribution in [0.4, 0.5) is 9.18 Å². The van der Waals surface area contributed by atoms with Gasteiger partial charge in [-0.1, -0.05) is 12.1 Å². The van der Waals surface area contributed by atoms with Gasteiger partial charge in [0, 0.05) is 19.1 Å². The number of rotatable bonds is 5. The minimum absolute atomic E-state index is 0.0282. The molecule has 0 saturated heterocycles. The summed E-state index contributed by atoms with van der Waals surface area (Å²) in [7, 11) is 0. The fourth-order valence-corrected chi connectivity index (χ4v) is 2.04. The van der Waals surface area contributed by atoms with E-state index in [0.717, 1.165) is 18.4 Å². The van der Waals surface area contributed by atoms with E-state index in [1.165, 1.54) is 6.07 Å². The van der Waals surface area contributed by atoms with Crippen molar-refractivity contribution in [1.29, 1.82) is 0 Å². The van der Waals surface area contributed by atoms with Gasteiger partial charge in [-0.3, -0.25) is 0 Å². The van der Waals surface area contributed by atoms with Crippen LogP contribution in [0.15, 0.2) is 18.2 Å². The van der Waals surface area contributed by atoms with Crippen LogP contribution >= 0.6 is 0 Å². The predicted octanol–water partition coefficient (Wildman–Crippen LogP) is 1.80. The molecule has 0 bridgehead atoms. The van der Waals surface area contributed by atoms with Gasteiger partial charge in [0.1, 0.15) is 5.82 Å². The first-order valence-corrected chi connectivity index (χ1v) is 6.52. The number of nitrogens with zero attached hydrogens (tertiary/aromatic N) is 1. The second-order valence-corrected chi connectivity index (χ2v) is 4.89. The maximum Gasteiger partial charge on any atom is 0.317 e. The molecule has 5 heteroatoms. The molecule has 1 aliphatic carbocycles. The molecule has 1 saturated carbocycles. The molecule has 1 fully saturated rings. The van der Waals surface area contributed by atoms with E-state index in [1.807, 2.05) is 0 Å². The Morgan fingerprint density at radius 1 is 1.53 bits per heavy atom. The maximum atomic E-state index is 13.1. The summed E-state index contributed by atoms with van der Waals surface area (Å²) in [6.45, 7) is 2.40. The highest BCUT2D eigenvalue weighted by molar-refractivity contribution is 5.74. The number of benzene rings is 1. The smallest absolute Gasteiger partial charge is 0.317 e. The van der Waals surface area contributed by atoms with E-state index in [1.54, 1.807) is 24.0 Å². The number of carbonyl (C=O) groups excluding carboxylic acids is 1. The first kappa shape index (κ1) is 13.8. The van der Waals surface area contributed by atoms with Gasteiger partial charge in [-0.25, -0.2) is 9.18 Å². The van der Waals surface area contributed by atoms with Crippen LogP contribution in [0, 0.1) is 12.7 Å². The molecule has 1 aromatic carbocycles. The lowest BCUT2D eigenvalue weighted by molar-refractivity contribution is 0.173. The quantitative estimate of drug-likeness (QED) is 0.854. The minimum atomic E-state index is -0.241. The van der Waals surface area contributed by atoms with Crippen molar-refractivity contribution in [2.75, 3.05) is 13.2 Å². The zero-order valence-electron chi connectivity index (χ0n) is 11.0. The Bertz CT molecular complexity index is 461. The van der Waals surface area contributed by atoms with Crippen molar-refractivity contribution >= 4 is 6.03 Å². The molecule has 2 rings (SSSR count). The molecular formula is C14H19FN2O2. The van der Waals surface area contributed by atoms with E-state index in [2.05, 4.69) is 5.32 Å². The predicted molar refractivity (Wildman–Crippen MR) is 70.2 cm³/mol. The van der Waals surface area contributed by atoms with Gasteiger partial charge in [-0.2, -0.15) is 0 Å². The number of aliphatic hydroxyl groups is 1. The third-order valence-electron chi connectivity index (χ3n) is 3.26. The fourth-order valence-electron chi connectivity index (χ4n) is 2.04. The van der Waals surface area contributed by atoms with Crippen molar-refractivity contribution in [2.45, 2.75) is 32.4 Å². The second kappa shape index (κ2) is 6.02. The monoisotopic (exact) mass is 266 g/mol. The highest BCUT2D eigenvalue weighted by Gasteiger charge is 2.31. The Labute approximate surface area is 112 Å². The molecule has 0 spiro atoms.